The first-order valence-corrected chi connectivity index (χ1v) is 13.1. The fourth-order valence-corrected chi connectivity index (χ4v) is 9.84. The van der Waals surface area contributed by atoms with Gasteiger partial charge in [0.15, 0.2) is 0 Å². The summed E-state index contributed by atoms with van der Waals surface area (Å²) in [6.45, 7) is 11.2. The molecule has 2 N–H and O–H groups in total. The van der Waals surface area contributed by atoms with Crippen LogP contribution in [0.15, 0.2) is 11.6 Å². The van der Waals surface area contributed by atoms with Crippen molar-refractivity contribution >= 4 is 0 Å². The largest absolute Gasteiger partial charge is 0.393 e. The molecule has 3 heteroatoms. The Hall–Kier alpha value is -0.380. The Kier molecular flexibility index (Phi) is 4.44. The molecule has 2 unspecified atom stereocenters. The van der Waals surface area contributed by atoms with Gasteiger partial charge in [-0.2, -0.15) is 0 Å². The first-order valence-electron chi connectivity index (χ1n) is 13.1. The van der Waals surface area contributed by atoms with E-state index in [1.54, 1.807) is 5.57 Å². The van der Waals surface area contributed by atoms with Crippen LogP contribution in [0.5, 0.6) is 0 Å². The third-order valence-electron chi connectivity index (χ3n) is 11.6. The van der Waals surface area contributed by atoms with E-state index in [-0.39, 0.29) is 11.8 Å². The molecule has 6 aliphatic rings. The van der Waals surface area contributed by atoms with E-state index < -0.39 is 0 Å². The summed E-state index contributed by atoms with van der Waals surface area (Å²) in [5.41, 5.74) is 2.33. The number of aliphatic hydroxyl groups excluding tert-OH is 1. The van der Waals surface area contributed by atoms with Crippen LogP contribution in [0.3, 0.4) is 0 Å². The number of hydrogen-bond donors (Lipinski definition) is 2. The summed E-state index contributed by atoms with van der Waals surface area (Å²) < 4.78 is 7.00. The lowest BCUT2D eigenvalue weighted by Gasteiger charge is -2.58. The minimum absolute atomic E-state index is 0.0439. The summed E-state index contributed by atoms with van der Waals surface area (Å²) in [5, 5.41) is 14.1. The molecule has 0 radical (unpaired) electrons. The zero-order valence-corrected chi connectivity index (χ0v) is 19.6. The Morgan fingerprint density at radius 2 is 1.90 bits per heavy atom. The molecule has 168 valence electrons. The molecule has 3 nitrogen and oxygen atoms in total. The van der Waals surface area contributed by atoms with Gasteiger partial charge >= 0.3 is 0 Å². The standard InChI is InChI=1S/C27H43NO2/c1-16-7-12-27(28-15-16)17(2)24-23(30-27)14-22-20-6-5-18-13-19(29)8-10-25(18,3)21(20)9-11-26(22,24)4/h5,16-17,19-24,28-29H,6-15H2,1-4H3/t16?,17-,19?,20+,21-,22+,23+,24+,25-,26-,27+/m0/s1. The Labute approximate surface area is 183 Å². The highest BCUT2D eigenvalue weighted by Crippen LogP contribution is 2.70. The van der Waals surface area contributed by atoms with Crippen LogP contribution in [-0.2, 0) is 4.74 Å². The monoisotopic (exact) mass is 413 g/mol. The Bertz CT molecular complexity index is 739. The molecule has 11 atom stereocenters. The molecule has 6 rings (SSSR count). The smallest absolute Gasteiger partial charge is 0.122 e. The molecular formula is C27H43NO2. The van der Waals surface area contributed by atoms with Crippen molar-refractivity contribution in [3.63, 3.8) is 0 Å². The van der Waals surface area contributed by atoms with Crippen LogP contribution >= 0.6 is 0 Å². The Balaban J connectivity index is 1.28. The minimum Gasteiger partial charge on any atom is -0.393 e. The van der Waals surface area contributed by atoms with Gasteiger partial charge in [0.25, 0.3) is 0 Å². The molecule has 2 heterocycles. The lowest BCUT2D eigenvalue weighted by Crippen LogP contribution is -2.57. The molecule has 0 aromatic rings. The lowest BCUT2D eigenvalue weighted by molar-refractivity contribution is -0.115. The maximum atomic E-state index is 10.3. The summed E-state index contributed by atoms with van der Waals surface area (Å²) in [7, 11) is 0. The summed E-state index contributed by atoms with van der Waals surface area (Å²) in [4.78, 5) is 0. The highest BCUT2D eigenvalue weighted by atomic mass is 16.5. The molecule has 0 bridgehead atoms. The molecule has 1 spiro atoms. The van der Waals surface area contributed by atoms with Gasteiger partial charge in [-0.15, -0.1) is 0 Å². The average molecular weight is 414 g/mol. The van der Waals surface area contributed by atoms with Crippen molar-refractivity contribution in [3.05, 3.63) is 11.6 Å². The van der Waals surface area contributed by atoms with Crippen molar-refractivity contribution in [2.75, 3.05) is 6.54 Å². The van der Waals surface area contributed by atoms with E-state index in [0.717, 1.165) is 49.0 Å². The zero-order chi connectivity index (χ0) is 20.9. The predicted molar refractivity (Wildman–Crippen MR) is 120 cm³/mol. The second-order valence-corrected chi connectivity index (χ2v) is 12.8. The van der Waals surface area contributed by atoms with Gasteiger partial charge in [-0.25, -0.2) is 0 Å². The van der Waals surface area contributed by atoms with E-state index in [4.69, 9.17) is 4.74 Å². The molecular weight excluding hydrogens is 370 g/mol. The number of allylic oxidation sites excluding steroid dienone is 1. The van der Waals surface area contributed by atoms with Crippen molar-refractivity contribution in [2.24, 2.45) is 46.3 Å². The first-order chi connectivity index (χ1) is 14.3. The second-order valence-electron chi connectivity index (χ2n) is 12.8. The molecule has 2 aliphatic heterocycles. The van der Waals surface area contributed by atoms with Gasteiger partial charge in [0, 0.05) is 12.5 Å². The van der Waals surface area contributed by atoms with Crippen LogP contribution in [0.2, 0.25) is 0 Å². The molecule has 5 fully saturated rings. The van der Waals surface area contributed by atoms with Gasteiger partial charge in [-0.1, -0.05) is 39.3 Å². The second kappa shape index (κ2) is 6.58. The van der Waals surface area contributed by atoms with E-state index in [2.05, 4.69) is 39.1 Å². The van der Waals surface area contributed by atoms with Crippen LogP contribution in [0.4, 0.5) is 0 Å². The van der Waals surface area contributed by atoms with E-state index in [1.807, 2.05) is 0 Å². The Morgan fingerprint density at radius 3 is 2.67 bits per heavy atom. The Morgan fingerprint density at radius 1 is 1.07 bits per heavy atom. The van der Waals surface area contributed by atoms with Crippen LogP contribution in [0.1, 0.15) is 85.5 Å². The number of aliphatic hydroxyl groups is 1. The topological polar surface area (TPSA) is 41.5 Å². The minimum atomic E-state index is -0.100. The number of fused-ring (bicyclic) bond motifs is 7. The van der Waals surface area contributed by atoms with Crippen LogP contribution in [0, 0.1) is 46.3 Å². The van der Waals surface area contributed by atoms with Gasteiger partial charge in [-0.3, -0.25) is 5.32 Å². The van der Waals surface area contributed by atoms with Gasteiger partial charge in [0.1, 0.15) is 5.72 Å². The fourth-order valence-electron chi connectivity index (χ4n) is 9.84. The van der Waals surface area contributed by atoms with Crippen molar-refractivity contribution in [2.45, 2.75) is 103 Å². The summed E-state index contributed by atoms with van der Waals surface area (Å²) in [5.74, 6) is 4.58. The molecule has 0 aromatic carbocycles. The highest BCUT2D eigenvalue weighted by Gasteiger charge is 2.68. The normalized spacial score (nSPS) is 59.8. The third kappa shape index (κ3) is 2.55. The van der Waals surface area contributed by atoms with E-state index in [1.165, 1.54) is 44.9 Å². The van der Waals surface area contributed by atoms with Crippen molar-refractivity contribution < 1.29 is 9.84 Å². The summed E-state index contributed by atoms with van der Waals surface area (Å²) in [6, 6.07) is 0. The molecule has 4 aliphatic carbocycles. The summed E-state index contributed by atoms with van der Waals surface area (Å²) >= 11 is 0. The van der Waals surface area contributed by atoms with Crippen LogP contribution < -0.4 is 5.32 Å². The summed E-state index contributed by atoms with van der Waals surface area (Å²) in [6.07, 6.45) is 13.8. The SMILES string of the molecule is CC1CC[C@@]2(NC1)O[C@@H]1C[C@@H]3[C@@H]4CC=C5CC(O)CC[C@]5(C)[C@H]4CC[C@]3(C)[C@@H]1[C@@H]2C. The van der Waals surface area contributed by atoms with Crippen LogP contribution in [0.25, 0.3) is 0 Å². The molecule has 3 saturated carbocycles. The number of ether oxygens (including phenoxy) is 1. The van der Waals surface area contributed by atoms with Crippen molar-refractivity contribution in [3.8, 4) is 0 Å². The third-order valence-corrected chi connectivity index (χ3v) is 11.6. The quantitative estimate of drug-likeness (QED) is 0.530. The first kappa shape index (κ1) is 20.2. The molecule has 0 amide bonds. The molecule has 30 heavy (non-hydrogen) atoms. The van der Waals surface area contributed by atoms with Gasteiger partial charge in [0.05, 0.1) is 12.2 Å². The number of piperidine rings is 1. The maximum absolute atomic E-state index is 10.3. The van der Waals surface area contributed by atoms with Crippen molar-refractivity contribution in [1.82, 2.24) is 5.32 Å². The highest BCUT2D eigenvalue weighted by molar-refractivity contribution is 5.26. The van der Waals surface area contributed by atoms with E-state index >= 15 is 0 Å². The maximum Gasteiger partial charge on any atom is 0.122 e. The number of rotatable bonds is 0. The number of hydrogen-bond acceptors (Lipinski definition) is 3. The fraction of sp³-hybridized carbons (Fsp3) is 0.926. The van der Waals surface area contributed by atoms with E-state index in [9.17, 15) is 5.11 Å². The number of nitrogens with one attached hydrogen (secondary N) is 1. The average Bonchev–Trinajstić information content (AvgIpc) is 3.16. The zero-order valence-electron chi connectivity index (χ0n) is 19.6. The molecule has 2 saturated heterocycles. The lowest BCUT2D eigenvalue weighted by atomic mass is 9.47. The van der Waals surface area contributed by atoms with Crippen LogP contribution in [-0.4, -0.2) is 29.6 Å². The van der Waals surface area contributed by atoms with Gasteiger partial charge < -0.3 is 9.84 Å². The van der Waals surface area contributed by atoms with Gasteiger partial charge in [-0.05, 0) is 98.2 Å². The van der Waals surface area contributed by atoms with Crippen molar-refractivity contribution in [1.29, 1.82) is 0 Å². The molecule has 0 aromatic heterocycles. The van der Waals surface area contributed by atoms with Gasteiger partial charge in [0.2, 0.25) is 0 Å². The predicted octanol–water partition coefficient (Wildman–Crippen LogP) is 5.29. The van der Waals surface area contributed by atoms with E-state index in [0.29, 0.717) is 22.9 Å².